The van der Waals surface area contributed by atoms with Crippen molar-refractivity contribution in [3.8, 4) is 11.4 Å². The van der Waals surface area contributed by atoms with E-state index < -0.39 is 9.84 Å². The molecule has 0 bridgehead atoms. The van der Waals surface area contributed by atoms with Crippen molar-refractivity contribution in [2.75, 3.05) is 18.1 Å². The van der Waals surface area contributed by atoms with Crippen LogP contribution in [0.15, 0.2) is 28.8 Å². The number of carbonyl (C=O) groups excluding carboxylic acids is 1. The summed E-state index contributed by atoms with van der Waals surface area (Å²) in [6, 6.07) is 7.41. The molecule has 0 N–H and O–H groups in total. The van der Waals surface area contributed by atoms with E-state index in [1.165, 1.54) is 0 Å². The molecule has 0 spiro atoms. The Kier molecular flexibility index (Phi) is 4.89. The number of likely N-dealkylation sites (N-methyl/N-ethyl adjacent to an activating group) is 1. The van der Waals surface area contributed by atoms with Gasteiger partial charge >= 0.3 is 0 Å². The minimum atomic E-state index is -3.04. The Morgan fingerprint density at radius 1 is 1.36 bits per heavy atom. The van der Waals surface area contributed by atoms with Gasteiger partial charge in [0.1, 0.15) is 6.42 Å². The van der Waals surface area contributed by atoms with Crippen molar-refractivity contribution in [2.45, 2.75) is 32.7 Å². The van der Waals surface area contributed by atoms with Crippen molar-refractivity contribution >= 4 is 15.7 Å². The van der Waals surface area contributed by atoms with Gasteiger partial charge in [-0.1, -0.05) is 29.4 Å². The molecule has 2 heterocycles. The van der Waals surface area contributed by atoms with Crippen LogP contribution < -0.4 is 0 Å². The Labute approximate surface area is 146 Å². The molecule has 0 saturated carbocycles. The van der Waals surface area contributed by atoms with Gasteiger partial charge in [-0.05, 0) is 25.8 Å². The third-order valence-corrected chi connectivity index (χ3v) is 6.22. The van der Waals surface area contributed by atoms with E-state index in [0.717, 1.165) is 11.1 Å². The number of sulfone groups is 1. The van der Waals surface area contributed by atoms with E-state index in [1.807, 2.05) is 38.1 Å². The van der Waals surface area contributed by atoms with Crippen molar-refractivity contribution < 1.29 is 17.7 Å². The lowest BCUT2D eigenvalue weighted by Crippen LogP contribution is -2.41. The average Bonchev–Trinajstić information content (AvgIpc) is 3.15. The van der Waals surface area contributed by atoms with Crippen molar-refractivity contribution in [3.63, 3.8) is 0 Å². The Morgan fingerprint density at radius 2 is 2.12 bits per heavy atom. The molecule has 0 radical (unpaired) electrons. The number of hydrogen-bond acceptors (Lipinski definition) is 6. The molecule has 25 heavy (non-hydrogen) atoms. The molecule has 8 heteroatoms. The summed E-state index contributed by atoms with van der Waals surface area (Å²) in [6.07, 6.45) is 0.462. The van der Waals surface area contributed by atoms with Crippen molar-refractivity contribution in [2.24, 2.45) is 0 Å². The lowest BCUT2D eigenvalue weighted by atomic mass is 10.1. The summed E-state index contributed by atoms with van der Waals surface area (Å²) in [5.41, 5.74) is 1.88. The first-order valence-corrected chi connectivity index (χ1v) is 10.1. The van der Waals surface area contributed by atoms with E-state index >= 15 is 0 Å². The zero-order valence-corrected chi connectivity index (χ0v) is 15.1. The Balaban J connectivity index is 1.72. The third-order valence-electron chi connectivity index (χ3n) is 4.47. The maximum Gasteiger partial charge on any atom is 0.236 e. The highest BCUT2D eigenvalue weighted by molar-refractivity contribution is 7.91. The maximum absolute atomic E-state index is 12.6. The van der Waals surface area contributed by atoms with Crippen LogP contribution in [0.2, 0.25) is 0 Å². The standard InChI is InChI=1S/C17H21N3O4S/c1-3-20(13-8-9-25(22,23)11-13)16(21)10-15-18-17(19-24-15)14-7-5-4-6-12(14)2/h4-7,13H,3,8-11H2,1-2H3. The molecule has 1 saturated heterocycles. The molecular formula is C17H21N3O4S. The second-order valence-electron chi connectivity index (χ2n) is 6.24. The highest BCUT2D eigenvalue weighted by Gasteiger charge is 2.34. The molecule has 2 aromatic rings. The monoisotopic (exact) mass is 363 g/mol. The SMILES string of the molecule is CCN(C(=O)Cc1nc(-c2ccccc2C)no1)C1CCS(=O)(=O)C1. The first-order valence-electron chi connectivity index (χ1n) is 8.28. The average molecular weight is 363 g/mol. The molecule has 1 aromatic carbocycles. The van der Waals surface area contributed by atoms with Gasteiger partial charge in [-0.2, -0.15) is 4.98 Å². The van der Waals surface area contributed by atoms with Crippen LogP contribution in [0, 0.1) is 6.92 Å². The largest absolute Gasteiger partial charge is 0.338 e. The van der Waals surface area contributed by atoms with E-state index in [1.54, 1.807) is 4.90 Å². The zero-order chi connectivity index (χ0) is 18.0. The molecule has 1 unspecified atom stereocenters. The predicted octanol–water partition coefficient (Wildman–Crippen LogP) is 1.62. The molecule has 0 aliphatic carbocycles. The summed E-state index contributed by atoms with van der Waals surface area (Å²) in [5, 5.41) is 3.95. The van der Waals surface area contributed by atoms with Crippen molar-refractivity contribution in [1.29, 1.82) is 0 Å². The molecule has 1 aliphatic rings. The van der Waals surface area contributed by atoms with Gasteiger partial charge in [0.25, 0.3) is 0 Å². The van der Waals surface area contributed by atoms with Gasteiger partial charge < -0.3 is 9.42 Å². The second-order valence-corrected chi connectivity index (χ2v) is 8.47. The maximum atomic E-state index is 12.6. The highest BCUT2D eigenvalue weighted by atomic mass is 32.2. The normalized spacial score (nSPS) is 19.0. The van der Waals surface area contributed by atoms with E-state index in [4.69, 9.17) is 4.52 Å². The lowest BCUT2D eigenvalue weighted by molar-refractivity contribution is -0.132. The Bertz CT molecular complexity index is 876. The van der Waals surface area contributed by atoms with Crippen LogP contribution in [0.5, 0.6) is 0 Å². The molecule has 1 aliphatic heterocycles. The Morgan fingerprint density at radius 3 is 2.76 bits per heavy atom. The van der Waals surface area contributed by atoms with E-state index in [9.17, 15) is 13.2 Å². The molecule has 1 atom stereocenters. The number of benzene rings is 1. The minimum Gasteiger partial charge on any atom is -0.338 e. The van der Waals surface area contributed by atoms with Crippen LogP contribution in [0.1, 0.15) is 24.8 Å². The number of carbonyl (C=O) groups is 1. The van der Waals surface area contributed by atoms with Crippen LogP contribution in [0.25, 0.3) is 11.4 Å². The van der Waals surface area contributed by atoms with Gasteiger partial charge in [-0.15, -0.1) is 0 Å². The number of amides is 1. The molecule has 1 amide bonds. The predicted molar refractivity (Wildman–Crippen MR) is 92.6 cm³/mol. The van der Waals surface area contributed by atoms with Crippen LogP contribution >= 0.6 is 0 Å². The van der Waals surface area contributed by atoms with Gasteiger partial charge in [-0.25, -0.2) is 8.42 Å². The zero-order valence-electron chi connectivity index (χ0n) is 14.3. The highest BCUT2D eigenvalue weighted by Crippen LogP contribution is 2.21. The topological polar surface area (TPSA) is 93.4 Å². The summed E-state index contributed by atoms with van der Waals surface area (Å²) in [4.78, 5) is 18.5. The van der Waals surface area contributed by atoms with Crippen molar-refractivity contribution in [3.05, 3.63) is 35.7 Å². The number of aromatic nitrogens is 2. The molecule has 3 rings (SSSR count). The number of nitrogens with zero attached hydrogens (tertiary/aromatic N) is 3. The van der Waals surface area contributed by atoms with E-state index in [2.05, 4.69) is 10.1 Å². The first-order chi connectivity index (χ1) is 11.9. The van der Waals surface area contributed by atoms with Gasteiger partial charge in [0, 0.05) is 18.2 Å². The smallest absolute Gasteiger partial charge is 0.236 e. The van der Waals surface area contributed by atoms with Gasteiger partial charge in [0.15, 0.2) is 9.84 Å². The summed E-state index contributed by atoms with van der Waals surface area (Å²) in [6.45, 7) is 4.25. The molecule has 1 fully saturated rings. The van der Waals surface area contributed by atoms with Gasteiger partial charge in [0.05, 0.1) is 11.5 Å². The molecule has 134 valence electrons. The number of rotatable bonds is 5. The quantitative estimate of drug-likeness (QED) is 0.801. The molecule has 7 nitrogen and oxygen atoms in total. The third kappa shape index (κ3) is 3.89. The van der Waals surface area contributed by atoms with Crippen LogP contribution in [-0.2, 0) is 21.1 Å². The summed E-state index contributed by atoms with van der Waals surface area (Å²) < 4.78 is 28.5. The van der Waals surface area contributed by atoms with E-state index in [0.29, 0.717) is 18.8 Å². The van der Waals surface area contributed by atoms with Crippen molar-refractivity contribution in [1.82, 2.24) is 15.0 Å². The fourth-order valence-corrected chi connectivity index (χ4v) is 4.88. The summed E-state index contributed by atoms with van der Waals surface area (Å²) in [7, 11) is -3.04. The van der Waals surface area contributed by atoms with Crippen LogP contribution in [0.3, 0.4) is 0 Å². The number of aryl methyl sites for hydroxylation is 1. The fraction of sp³-hybridized carbons (Fsp3) is 0.471. The van der Waals surface area contributed by atoms with Crippen LogP contribution in [-0.4, -0.2) is 53.5 Å². The summed E-state index contributed by atoms with van der Waals surface area (Å²) in [5.74, 6) is 0.671. The number of hydrogen-bond donors (Lipinski definition) is 0. The fourth-order valence-electron chi connectivity index (χ4n) is 3.15. The lowest BCUT2D eigenvalue weighted by Gasteiger charge is -2.26. The first kappa shape index (κ1) is 17.6. The minimum absolute atomic E-state index is 0.0245. The summed E-state index contributed by atoms with van der Waals surface area (Å²) >= 11 is 0. The molecule has 1 aromatic heterocycles. The van der Waals surface area contributed by atoms with E-state index in [-0.39, 0.29) is 35.8 Å². The van der Waals surface area contributed by atoms with Gasteiger partial charge in [-0.3, -0.25) is 4.79 Å². The Hall–Kier alpha value is -2.22. The molecular weight excluding hydrogens is 342 g/mol. The van der Waals surface area contributed by atoms with Crippen LogP contribution in [0.4, 0.5) is 0 Å². The van der Waals surface area contributed by atoms with Gasteiger partial charge in [0.2, 0.25) is 17.6 Å². The second kappa shape index (κ2) is 6.95.